The van der Waals surface area contributed by atoms with Crippen LogP contribution in [0.4, 0.5) is 13.2 Å². The van der Waals surface area contributed by atoms with Gasteiger partial charge in [0, 0.05) is 6.42 Å². The van der Waals surface area contributed by atoms with Gasteiger partial charge in [0.25, 0.3) is 0 Å². The van der Waals surface area contributed by atoms with E-state index >= 15 is 0 Å². The largest absolute Gasteiger partial charge is 0.416 e. The average Bonchev–Trinajstić information content (AvgIpc) is 2.77. The molecule has 0 bridgehead atoms. The molecular formula is C10H10F3N5. The molecule has 0 spiro atoms. The molecule has 2 aromatic rings. The van der Waals surface area contributed by atoms with Gasteiger partial charge in [0.15, 0.2) is 5.82 Å². The van der Waals surface area contributed by atoms with Crippen molar-refractivity contribution in [1.29, 1.82) is 0 Å². The monoisotopic (exact) mass is 257 g/mol. The molecule has 18 heavy (non-hydrogen) atoms. The minimum absolute atomic E-state index is 0.209. The number of nitrogens with zero attached hydrogens (tertiary/aromatic N) is 4. The third kappa shape index (κ3) is 2.65. The molecule has 2 N–H and O–H groups in total. The molecule has 0 atom stereocenters. The predicted molar refractivity (Wildman–Crippen MR) is 56.9 cm³/mol. The summed E-state index contributed by atoms with van der Waals surface area (Å²) in [5, 5.41) is 11.3. The van der Waals surface area contributed by atoms with Gasteiger partial charge in [-0.1, -0.05) is 6.07 Å². The zero-order valence-corrected chi connectivity index (χ0v) is 9.22. The van der Waals surface area contributed by atoms with E-state index in [-0.39, 0.29) is 5.69 Å². The fourth-order valence-corrected chi connectivity index (χ4v) is 1.39. The van der Waals surface area contributed by atoms with Gasteiger partial charge in [-0.2, -0.15) is 13.2 Å². The Labute approximate surface area is 100 Å². The van der Waals surface area contributed by atoms with E-state index in [1.807, 2.05) is 0 Å². The van der Waals surface area contributed by atoms with Crippen LogP contribution >= 0.6 is 0 Å². The smallest absolute Gasteiger partial charge is 0.330 e. The van der Waals surface area contributed by atoms with Crippen LogP contribution in [0.2, 0.25) is 0 Å². The number of rotatable bonds is 3. The lowest BCUT2D eigenvalue weighted by Crippen LogP contribution is -2.07. The second kappa shape index (κ2) is 4.73. The molecule has 0 saturated heterocycles. The van der Waals surface area contributed by atoms with Gasteiger partial charge in [-0.3, -0.25) is 0 Å². The van der Waals surface area contributed by atoms with E-state index in [9.17, 15) is 13.2 Å². The Morgan fingerprint density at radius 3 is 2.72 bits per heavy atom. The maximum absolute atomic E-state index is 12.5. The van der Waals surface area contributed by atoms with Gasteiger partial charge in [-0.05, 0) is 30.0 Å². The van der Waals surface area contributed by atoms with Gasteiger partial charge in [-0.25, -0.2) is 0 Å². The maximum atomic E-state index is 12.5. The lowest BCUT2D eigenvalue weighted by Gasteiger charge is -2.07. The van der Waals surface area contributed by atoms with Gasteiger partial charge in [0.1, 0.15) is 0 Å². The minimum Gasteiger partial charge on any atom is -0.330 e. The lowest BCUT2D eigenvalue weighted by atomic mass is 10.2. The third-order valence-corrected chi connectivity index (χ3v) is 2.23. The summed E-state index contributed by atoms with van der Waals surface area (Å²) in [5.41, 5.74) is 4.78. The summed E-state index contributed by atoms with van der Waals surface area (Å²) in [5.74, 6) is 0.398. The zero-order valence-electron chi connectivity index (χ0n) is 9.22. The molecule has 2 rings (SSSR count). The molecule has 5 nitrogen and oxygen atoms in total. The van der Waals surface area contributed by atoms with Crippen molar-refractivity contribution in [2.45, 2.75) is 12.6 Å². The molecule has 0 unspecified atom stereocenters. The number of aromatic nitrogens is 4. The summed E-state index contributed by atoms with van der Waals surface area (Å²) < 4.78 is 37.6. The van der Waals surface area contributed by atoms with Crippen LogP contribution in [0.5, 0.6) is 0 Å². The molecule has 0 aliphatic carbocycles. The molecule has 0 aliphatic rings. The van der Waals surface area contributed by atoms with Crippen LogP contribution < -0.4 is 5.73 Å². The molecule has 1 heterocycles. The predicted octanol–water partition coefficient (Wildman–Crippen LogP) is 1.18. The first-order valence-corrected chi connectivity index (χ1v) is 5.17. The zero-order chi connectivity index (χ0) is 13.2. The van der Waals surface area contributed by atoms with E-state index in [1.165, 1.54) is 12.1 Å². The van der Waals surface area contributed by atoms with Gasteiger partial charge in [0.05, 0.1) is 11.3 Å². The van der Waals surface area contributed by atoms with Gasteiger partial charge >= 0.3 is 6.18 Å². The molecule has 0 aliphatic heterocycles. The highest BCUT2D eigenvalue weighted by molar-refractivity contribution is 5.35. The Kier molecular flexibility index (Phi) is 3.28. The van der Waals surface area contributed by atoms with Gasteiger partial charge in [0.2, 0.25) is 0 Å². The first-order valence-electron chi connectivity index (χ1n) is 5.17. The van der Waals surface area contributed by atoms with E-state index in [1.54, 1.807) is 0 Å². The fourth-order valence-electron chi connectivity index (χ4n) is 1.39. The Morgan fingerprint density at radius 2 is 2.06 bits per heavy atom. The summed E-state index contributed by atoms with van der Waals surface area (Å²) in [6, 6.07) is 4.72. The van der Waals surface area contributed by atoms with Gasteiger partial charge in [-0.15, -0.1) is 15.0 Å². The van der Waals surface area contributed by atoms with E-state index in [0.717, 1.165) is 16.9 Å². The first kappa shape index (κ1) is 12.5. The Bertz CT molecular complexity index is 534. The van der Waals surface area contributed by atoms with Crippen LogP contribution in [-0.2, 0) is 12.6 Å². The highest BCUT2D eigenvalue weighted by Crippen LogP contribution is 2.29. The molecule has 0 fully saturated rings. The molecule has 0 saturated carbocycles. The number of alkyl halides is 3. The molecule has 8 heteroatoms. The van der Waals surface area contributed by atoms with Crippen molar-refractivity contribution in [3.63, 3.8) is 0 Å². The van der Waals surface area contributed by atoms with Crippen molar-refractivity contribution in [1.82, 2.24) is 20.2 Å². The number of nitrogens with two attached hydrogens (primary N) is 1. The standard InChI is InChI=1S/C10H10F3N5/c11-10(12,13)7-2-1-3-8(6-7)18-16-9(4-5-14)15-17-18/h1-3,6H,4-5,14H2. The topological polar surface area (TPSA) is 69.6 Å². The maximum Gasteiger partial charge on any atom is 0.416 e. The van der Waals surface area contributed by atoms with Crippen molar-refractivity contribution in [3.05, 3.63) is 35.7 Å². The normalized spacial score (nSPS) is 11.8. The summed E-state index contributed by atoms with van der Waals surface area (Å²) in [7, 11) is 0. The van der Waals surface area contributed by atoms with E-state index in [0.29, 0.717) is 18.8 Å². The summed E-state index contributed by atoms with van der Waals surface area (Å²) >= 11 is 0. The molecule has 0 radical (unpaired) electrons. The van der Waals surface area contributed by atoms with Crippen LogP contribution in [0.25, 0.3) is 5.69 Å². The van der Waals surface area contributed by atoms with Crippen LogP contribution in [0.3, 0.4) is 0 Å². The number of tetrazole rings is 1. The fraction of sp³-hybridized carbons (Fsp3) is 0.300. The molecule has 96 valence electrons. The van der Waals surface area contributed by atoms with Crippen molar-refractivity contribution in [2.75, 3.05) is 6.54 Å². The van der Waals surface area contributed by atoms with E-state index in [4.69, 9.17) is 5.73 Å². The highest BCUT2D eigenvalue weighted by Gasteiger charge is 2.30. The molecule has 1 aromatic heterocycles. The SMILES string of the molecule is NCCc1nnn(-c2cccc(C(F)(F)F)c2)n1. The number of hydrogen-bond acceptors (Lipinski definition) is 4. The lowest BCUT2D eigenvalue weighted by molar-refractivity contribution is -0.137. The van der Waals surface area contributed by atoms with Crippen molar-refractivity contribution < 1.29 is 13.2 Å². The minimum atomic E-state index is -4.39. The Hall–Kier alpha value is -1.96. The van der Waals surface area contributed by atoms with Gasteiger partial charge < -0.3 is 5.73 Å². The third-order valence-electron chi connectivity index (χ3n) is 2.23. The quantitative estimate of drug-likeness (QED) is 0.896. The average molecular weight is 257 g/mol. The highest BCUT2D eigenvalue weighted by atomic mass is 19.4. The van der Waals surface area contributed by atoms with Crippen molar-refractivity contribution >= 4 is 0 Å². The Balaban J connectivity index is 2.32. The molecule has 0 amide bonds. The number of halogens is 3. The van der Waals surface area contributed by atoms with Crippen LogP contribution in [0, 0.1) is 0 Å². The Morgan fingerprint density at radius 1 is 1.28 bits per heavy atom. The van der Waals surface area contributed by atoms with E-state index in [2.05, 4.69) is 15.4 Å². The number of benzene rings is 1. The summed E-state index contributed by atoms with van der Waals surface area (Å²) in [6.45, 7) is 0.355. The van der Waals surface area contributed by atoms with E-state index < -0.39 is 11.7 Å². The first-order chi connectivity index (χ1) is 8.50. The second-order valence-electron chi connectivity index (χ2n) is 3.58. The van der Waals surface area contributed by atoms with Crippen molar-refractivity contribution in [2.24, 2.45) is 5.73 Å². The van der Waals surface area contributed by atoms with Crippen LogP contribution in [0.15, 0.2) is 24.3 Å². The molecular weight excluding hydrogens is 247 g/mol. The van der Waals surface area contributed by atoms with Crippen LogP contribution in [-0.4, -0.2) is 26.8 Å². The summed E-state index contributed by atoms with van der Waals surface area (Å²) in [6.07, 6.45) is -3.96. The molecule has 1 aromatic carbocycles. The second-order valence-corrected chi connectivity index (χ2v) is 3.58. The summed E-state index contributed by atoms with van der Waals surface area (Å²) in [4.78, 5) is 1.06. The van der Waals surface area contributed by atoms with Crippen molar-refractivity contribution in [3.8, 4) is 5.69 Å². The van der Waals surface area contributed by atoms with Crippen LogP contribution in [0.1, 0.15) is 11.4 Å². The number of hydrogen-bond donors (Lipinski definition) is 1.